The molecule has 0 radical (unpaired) electrons. The van der Waals surface area contributed by atoms with Gasteiger partial charge in [0.1, 0.15) is 5.52 Å². The number of aromatic nitrogens is 2. The monoisotopic (exact) mass is 242 g/mol. The summed E-state index contributed by atoms with van der Waals surface area (Å²) in [5.74, 6) is 0.579. The highest BCUT2D eigenvalue weighted by molar-refractivity contribution is 6.01. The average molecular weight is 242 g/mol. The second-order valence-electron chi connectivity index (χ2n) is 4.70. The van der Waals surface area contributed by atoms with Gasteiger partial charge >= 0.3 is 0 Å². The SMILES string of the molecule is Cc1nc2c3ccccc3c(=O)n(C(C)C)c2o1. The van der Waals surface area contributed by atoms with Crippen LogP contribution in [-0.4, -0.2) is 9.55 Å². The summed E-state index contributed by atoms with van der Waals surface area (Å²) in [6, 6.07) is 7.56. The lowest BCUT2D eigenvalue weighted by atomic mass is 10.1. The Balaban J connectivity index is 2.66. The lowest BCUT2D eigenvalue weighted by Gasteiger charge is -2.11. The van der Waals surface area contributed by atoms with E-state index in [-0.39, 0.29) is 11.6 Å². The van der Waals surface area contributed by atoms with E-state index in [0.29, 0.717) is 17.0 Å². The summed E-state index contributed by atoms with van der Waals surface area (Å²) in [7, 11) is 0. The molecule has 0 atom stereocenters. The Kier molecular flexibility index (Phi) is 2.26. The molecule has 1 aromatic carbocycles. The molecule has 0 aliphatic carbocycles. The van der Waals surface area contributed by atoms with Crippen LogP contribution in [0.1, 0.15) is 25.8 Å². The average Bonchev–Trinajstić information content (AvgIpc) is 2.70. The highest BCUT2D eigenvalue weighted by Gasteiger charge is 2.16. The molecule has 0 aliphatic heterocycles. The van der Waals surface area contributed by atoms with Crippen molar-refractivity contribution in [3.8, 4) is 0 Å². The van der Waals surface area contributed by atoms with E-state index in [4.69, 9.17) is 4.42 Å². The highest BCUT2D eigenvalue weighted by atomic mass is 16.4. The molecule has 0 N–H and O–H groups in total. The minimum atomic E-state index is -0.0238. The molecule has 3 rings (SSSR count). The van der Waals surface area contributed by atoms with Gasteiger partial charge in [-0.2, -0.15) is 0 Å². The Morgan fingerprint density at radius 3 is 2.56 bits per heavy atom. The van der Waals surface area contributed by atoms with Gasteiger partial charge in [-0.1, -0.05) is 18.2 Å². The van der Waals surface area contributed by atoms with E-state index in [1.165, 1.54) is 0 Å². The molecule has 0 spiro atoms. The third kappa shape index (κ3) is 1.38. The molecule has 2 heterocycles. The van der Waals surface area contributed by atoms with Crippen molar-refractivity contribution in [1.29, 1.82) is 0 Å². The van der Waals surface area contributed by atoms with Gasteiger partial charge in [-0.3, -0.25) is 9.36 Å². The van der Waals surface area contributed by atoms with Crippen LogP contribution in [0.25, 0.3) is 22.0 Å². The van der Waals surface area contributed by atoms with Crippen molar-refractivity contribution in [2.75, 3.05) is 0 Å². The summed E-state index contributed by atoms with van der Waals surface area (Å²) >= 11 is 0. The highest BCUT2D eigenvalue weighted by Crippen LogP contribution is 2.24. The molecule has 0 saturated heterocycles. The normalized spacial score (nSPS) is 11.8. The van der Waals surface area contributed by atoms with Crippen molar-refractivity contribution in [1.82, 2.24) is 9.55 Å². The smallest absolute Gasteiger partial charge is 0.261 e. The van der Waals surface area contributed by atoms with Crippen LogP contribution >= 0.6 is 0 Å². The first-order chi connectivity index (χ1) is 8.59. The lowest BCUT2D eigenvalue weighted by molar-refractivity contribution is 0.495. The molecule has 92 valence electrons. The van der Waals surface area contributed by atoms with E-state index in [0.717, 1.165) is 10.9 Å². The number of fused-ring (bicyclic) bond motifs is 3. The maximum atomic E-state index is 12.5. The molecule has 3 aromatic rings. The van der Waals surface area contributed by atoms with E-state index in [2.05, 4.69) is 4.98 Å². The first kappa shape index (κ1) is 11.0. The van der Waals surface area contributed by atoms with Crippen LogP contribution in [0.3, 0.4) is 0 Å². The predicted octanol–water partition coefficient (Wildman–Crippen LogP) is 3.03. The van der Waals surface area contributed by atoms with E-state index in [9.17, 15) is 4.79 Å². The summed E-state index contributed by atoms with van der Waals surface area (Å²) in [6.07, 6.45) is 0. The molecule has 2 aromatic heterocycles. The van der Waals surface area contributed by atoms with Gasteiger partial charge in [0.15, 0.2) is 5.89 Å². The van der Waals surface area contributed by atoms with Crippen molar-refractivity contribution in [3.05, 3.63) is 40.5 Å². The van der Waals surface area contributed by atoms with Gasteiger partial charge in [-0.25, -0.2) is 4.98 Å². The van der Waals surface area contributed by atoms with E-state index in [1.54, 1.807) is 11.5 Å². The number of pyridine rings is 1. The maximum Gasteiger partial charge on any atom is 0.261 e. The quantitative estimate of drug-likeness (QED) is 0.659. The molecule has 0 aliphatic rings. The minimum Gasteiger partial charge on any atom is -0.424 e. The number of hydrogen-bond donors (Lipinski definition) is 0. The molecule has 4 nitrogen and oxygen atoms in total. The van der Waals surface area contributed by atoms with Gasteiger partial charge in [0.25, 0.3) is 5.56 Å². The summed E-state index contributed by atoms with van der Waals surface area (Å²) in [5.41, 5.74) is 1.30. The van der Waals surface area contributed by atoms with Crippen LogP contribution in [0.4, 0.5) is 0 Å². The number of rotatable bonds is 1. The molecule has 0 fully saturated rings. The zero-order chi connectivity index (χ0) is 12.9. The van der Waals surface area contributed by atoms with Gasteiger partial charge in [-0.05, 0) is 19.9 Å². The number of nitrogens with zero attached hydrogens (tertiary/aromatic N) is 2. The van der Waals surface area contributed by atoms with Crippen LogP contribution in [0.5, 0.6) is 0 Å². The van der Waals surface area contributed by atoms with Gasteiger partial charge < -0.3 is 4.42 Å². The third-order valence-electron chi connectivity index (χ3n) is 3.08. The number of hydrogen-bond acceptors (Lipinski definition) is 3. The molecule has 18 heavy (non-hydrogen) atoms. The van der Waals surface area contributed by atoms with Crippen molar-refractivity contribution < 1.29 is 4.42 Å². The third-order valence-corrected chi connectivity index (χ3v) is 3.08. The molecule has 0 amide bonds. The van der Waals surface area contributed by atoms with Crippen molar-refractivity contribution >= 4 is 22.0 Å². The summed E-state index contributed by atoms with van der Waals surface area (Å²) in [6.45, 7) is 5.73. The van der Waals surface area contributed by atoms with Crippen molar-refractivity contribution in [3.63, 3.8) is 0 Å². The van der Waals surface area contributed by atoms with E-state index < -0.39 is 0 Å². The van der Waals surface area contributed by atoms with Crippen LogP contribution in [-0.2, 0) is 0 Å². The van der Waals surface area contributed by atoms with Crippen molar-refractivity contribution in [2.24, 2.45) is 0 Å². The molecular formula is C14H14N2O2. The zero-order valence-electron chi connectivity index (χ0n) is 10.6. The van der Waals surface area contributed by atoms with Crippen molar-refractivity contribution in [2.45, 2.75) is 26.8 Å². The Bertz CT molecular complexity index is 797. The van der Waals surface area contributed by atoms with Crippen LogP contribution in [0.2, 0.25) is 0 Å². The summed E-state index contributed by atoms with van der Waals surface area (Å²) < 4.78 is 7.27. The molecular weight excluding hydrogens is 228 g/mol. The first-order valence-corrected chi connectivity index (χ1v) is 6.00. The lowest BCUT2D eigenvalue weighted by Crippen LogP contribution is -2.22. The topological polar surface area (TPSA) is 48.0 Å². The first-order valence-electron chi connectivity index (χ1n) is 6.00. The van der Waals surface area contributed by atoms with E-state index >= 15 is 0 Å². The molecule has 0 saturated carbocycles. The fourth-order valence-electron chi connectivity index (χ4n) is 2.32. The summed E-state index contributed by atoms with van der Waals surface area (Å²) in [5, 5.41) is 1.54. The second kappa shape index (κ2) is 3.70. The maximum absolute atomic E-state index is 12.5. The van der Waals surface area contributed by atoms with Crippen LogP contribution in [0.15, 0.2) is 33.5 Å². The minimum absolute atomic E-state index is 0.0238. The Morgan fingerprint density at radius 1 is 1.22 bits per heavy atom. The standard InChI is InChI=1S/C14H14N2O2/c1-8(2)16-13(17)11-7-5-4-6-10(11)12-14(16)18-9(3)15-12/h4-8H,1-3H3. The van der Waals surface area contributed by atoms with Gasteiger partial charge in [0, 0.05) is 23.7 Å². The second-order valence-corrected chi connectivity index (χ2v) is 4.70. The molecule has 0 unspecified atom stereocenters. The fourth-order valence-corrected chi connectivity index (χ4v) is 2.32. The molecule has 4 heteroatoms. The van der Waals surface area contributed by atoms with Crippen LogP contribution in [0, 0.1) is 6.92 Å². The number of oxazole rings is 1. The predicted molar refractivity (Wildman–Crippen MR) is 70.9 cm³/mol. The Hall–Kier alpha value is -2.10. The van der Waals surface area contributed by atoms with Gasteiger partial charge in [0.05, 0.1) is 0 Å². The fraction of sp³-hybridized carbons (Fsp3) is 0.286. The number of benzene rings is 1. The number of aryl methyl sites for hydroxylation is 1. The zero-order valence-corrected chi connectivity index (χ0v) is 10.6. The Labute approximate surface area is 104 Å². The van der Waals surface area contributed by atoms with Gasteiger partial charge in [-0.15, -0.1) is 0 Å². The van der Waals surface area contributed by atoms with E-state index in [1.807, 2.05) is 38.1 Å². The van der Waals surface area contributed by atoms with Gasteiger partial charge in [0.2, 0.25) is 5.71 Å². The molecule has 0 bridgehead atoms. The largest absolute Gasteiger partial charge is 0.424 e. The summed E-state index contributed by atoms with van der Waals surface area (Å²) in [4.78, 5) is 16.9. The van der Waals surface area contributed by atoms with Crippen LogP contribution < -0.4 is 5.56 Å². The Morgan fingerprint density at radius 2 is 1.89 bits per heavy atom.